The van der Waals surface area contributed by atoms with Crippen molar-refractivity contribution in [2.75, 3.05) is 27.2 Å². The summed E-state index contributed by atoms with van der Waals surface area (Å²) in [7, 11) is -1.71. The number of likely N-dealkylation sites (N-methyl/N-ethyl adjacent to an activating group) is 1. The molecule has 5 rings (SSSR count). The first-order chi connectivity index (χ1) is 20.6. The molecule has 5 aliphatic rings. The summed E-state index contributed by atoms with van der Waals surface area (Å²) in [6.07, 6.45) is 9.56. The maximum absolute atomic E-state index is 14.1. The van der Waals surface area contributed by atoms with Crippen LogP contribution in [0.1, 0.15) is 99.3 Å². The standard InChI is InChI=1S/C35H55F3N2O4S/c1-22(2)23-12-17-34(29(41)39-20-21-40(8)9)19-18-32(6)24(28(23)34)10-11-26-31(5)15-14-27(44-45(42,43)35(36,37)38)30(3,4)25(31)13-16-33(26,32)7/h14,23-26,28H,1,10-13,15-21H2,2-9H3,(H,39,41). The van der Waals surface area contributed by atoms with Crippen LogP contribution in [0, 0.1) is 56.7 Å². The highest BCUT2D eigenvalue weighted by Gasteiger charge is 2.71. The van der Waals surface area contributed by atoms with Gasteiger partial charge in [0.25, 0.3) is 0 Å². The van der Waals surface area contributed by atoms with E-state index >= 15 is 0 Å². The Morgan fingerprint density at radius 1 is 1.00 bits per heavy atom. The number of amides is 1. The van der Waals surface area contributed by atoms with E-state index in [1.165, 1.54) is 5.57 Å². The highest BCUT2D eigenvalue weighted by Crippen LogP contribution is 2.77. The first-order valence-electron chi connectivity index (χ1n) is 16.9. The summed E-state index contributed by atoms with van der Waals surface area (Å²) in [4.78, 5) is 16.2. The van der Waals surface area contributed by atoms with Gasteiger partial charge in [0.05, 0.1) is 5.41 Å². The normalized spacial score (nSPS) is 42.5. The van der Waals surface area contributed by atoms with E-state index < -0.39 is 21.0 Å². The summed E-state index contributed by atoms with van der Waals surface area (Å²) >= 11 is 0. The maximum atomic E-state index is 14.1. The van der Waals surface area contributed by atoms with Crippen LogP contribution >= 0.6 is 0 Å². The Hall–Kier alpha value is -1.55. The molecule has 0 aliphatic heterocycles. The van der Waals surface area contributed by atoms with E-state index in [2.05, 4.69) is 44.5 Å². The number of fused-ring (bicyclic) bond motifs is 7. The number of halogens is 3. The van der Waals surface area contributed by atoms with Crippen molar-refractivity contribution in [2.45, 2.75) is 105 Å². The molecule has 6 nitrogen and oxygen atoms in total. The molecule has 256 valence electrons. The van der Waals surface area contributed by atoms with Crippen molar-refractivity contribution in [1.82, 2.24) is 10.2 Å². The lowest BCUT2D eigenvalue weighted by Gasteiger charge is -2.72. The van der Waals surface area contributed by atoms with Gasteiger partial charge in [-0.05, 0) is 131 Å². The molecule has 0 radical (unpaired) electrons. The molecule has 1 amide bonds. The molecule has 10 heteroatoms. The molecule has 4 saturated carbocycles. The Bertz CT molecular complexity index is 1360. The van der Waals surface area contributed by atoms with E-state index in [-0.39, 0.29) is 45.2 Å². The fourth-order valence-electron chi connectivity index (χ4n) is 12.0. The van der Waals surface area contributed by atoms with Gasteiger partial charge in [-0.25, -0.2) is 0 Å². The number of hydrogen-bond acceptors (Lipinski definition) is 5. The predicted octanol–water partition coefficient (Wildman–Crippen LogP) is 7.68. The van der Waals surface area contributed by atoms with Crippen LogP contribution in [0.2, 0.25) is 0 Å². The fourth-order valence-corrected chi connectivity index (χ4v) is 12.6. The van der Waals surface area contributed by atoms with Crippen LogP contribution in [0.25, 0.3) is 0 Å². The van der Waals surface area contributed by atoms with Crippen LogP contribution in [0.3, 0.4) is 0 Å². The van der Waals surface area contributed by atoms with Crippen LogP contribution in [0.5, 0.6) is 0 Å². The smallest absolute Gasteiger partial charge is 0.380 e. The molecule has 0 spiro atoms. The van der Waals surface area contributed by atoms with Gasteiger partial charge in [0, 0.05) is 18.5 Å². The van der Waals surface area contributed by atoms with E-state index in [1.54, 1.807) is 6.08 Å². The van der Waals surface area contributed by atoms with Gasteiger partial charge in [-0.3, -0.25) is 4.79 Å². The van der Waals surface area contributed by atoms with E-state index in [4.69, 9.17) is 4.18 Å². The SMILES string of the molecule is C=C(C)C1CCC2(C(=O)NCCN(C)C)CCC3(C)C(CCC4C5(C)CC=C(OS(=O)(=O)C(F)(F)F)C(C)(C)C5CCC43C)C12. The average Bonchev–Trinajstić information content (AvgIpc) is 3.31. The second-order valence-corrected chi connectivity index (χ2v) is 18.4. The van der Waals surface area contributed by atoms with Crippen molar-refractivity contribution in [3.05, 3.63) is 24.0 Å². The molecule has 1 N–H and O–H groups in total. The van der Waals surface area contributed by atoms with Crippen molar-refractivity contribution in [2.24, 2.45) is 56.7 Å². The van der Waals surface area contributed by atoms with Crippen LogP contribution in [-0.4, -0.2) is 51.9 Å². The number of hydrogen-bond donors (Lipinski definition) is 1. The van der Waals surface area contributed by atoms with Gasteiger partial charge in [0.2, 0.25) is 5.91 Å². The van der Waals surface area contributed by atoms with E-state index in [9.17, 15) is 26.4 Å². The molecular weight excluding hydrogens is 601 g/mol. The minimum Gasteiger partial charge on any atom is -0.380 e. The molecule has 0 aromatic rings. The van der Waals surface area contributed by atoms with Crippen molar-refractivity contribution >= 4 is 16.0 Å². The van der Waals surface area contributed by atoms with Crippen molar-refractivity contribution in [1.29, 1.82) is 0 Å². The zero-order valence-corrected chi connectivity index (χ0v) is 29.4. The van der Waals surface area contributed by atoms with Crippen LogP contribution in [0.15, 0.2) is 24.0 Å². The van der Waals surface area contributed by atoms with Gasteiger partial charge < -0.3 is 14.4 Å². The number of nitrogens with zero attached hydrogens (tertiary/aromatic N) is 1. The lowest BCUT2D eigenvalue weighted by atomic mass is 9.32. The van der Waals surface area contributed by atoms with Gasteiger partial charge in [-0.15, -0.1) is 0 Å². The maximum Gasteiger partial charge on any atom is 0.534 e. The topological polar surface area (TPSA) is 75.7 Å². The van der Waals surface area contributed by atoms with Crippen molar-refractivity contribution in [3.8, 4) is 0 Å². The van der Waals surface area contributed by atoms with E-state index in [0.717, 1.165) is 57.9 Å². The summed E-state index contributed by atoms with van der Waals surface area (Å²) in [6, 6.07) is 0. The first-order valence-corrected chi connectivity index (χ1v) is 18.3. The Kier molecular flexibility index (Phi) is 8.50. The zero-order chi connectivity index (χ0) is 33.6. The van der Waals surface area contributed by atoms with Crippen LogP contribution in [0.4, 0.5) is 13.2 Å². The van der Waals surface area contributed by atoms with Crippen molar-refractivity contribution < 1.29 is 30.6 Å². The molecular formula is C35H55F3N2O4S. The summed E-state index contributed by atoms with van der Waals surface area (Å²) in [5.74, 6) is 1.35. The van der Waals surface area contributed by atoms with E-state index in [0.29, 0.717) is 30.7 Å². The number of nitrogens with one attached hydrogen (secondary N) is 1. The molecule has 9 unspecified atom stereocenters. The highest BCUT2D eigenvalue weighted by atomic mass is 32.2. The second-order valence-electron chi connectivity index (χ2n) is 16.9. The summed E-state index contributed by atoms with van der Waals surface area (Å²) in [5.41, 5.74) is -5.80. The van der Waals surface area contributed by atoms with Gasteiger partial charge in [-0.1, -0.05) is 46.8 Å². The zero-order valence-electron chi connectivity index (χ0n) is 28.6. The largest absolute Gasteiger partial charge is 0.534 e. The third kappa shape index (κ3) is 5.04. The van der Waals surface area contributed by atoms with Crippen LogP contribution in [-0.2, 0) is 19.1 Å². The lowest BCUT2D eigenvalue weighted by molar-refractivity contribution is -0.228. The number of allylic oxidation sites excluding steroid dienone is 3. The predicted molar refractivity (Wildman–Crippen MR) is 170 cm³/mol. The Morgan fingerprint density at radius 2 is 1.67 bits per heavy atom. The molecule has 0 aromatic carbocycles. The first kappa shape index (κ1) is 34.8. The summed E-state index contributed by atoms with van der Waals surface area (Å²) in [5, 5.41) is 3.32. The number of carbonyl (C=O) groups excluding carboxylic acids is 1. The van der Waals surface area contributed by atoms with Gasteiger partial charge in [0.15, 0.2) is 0 Å². The molecule has 0 heterocycles. The number of alkyl halides is 3. The quantitative estimate of drug-likeness (QED) is 0.173. The molecule has 9 atom stereocenters. The highest BCUT2D eigenvalue weighted by molar-refractivity contribution is 7.87. The number of rotatable bonds is 7. The third-order valence-electron chi connectivity index (χ3n) is 14.3. The molecule has 0 aromatic heterocycles. The number of carbonyl (C=O) groups is 1. The average molecular weight is 657 g/mol. The fraction of sp³-hybridized carbons (Fsp3) is 0.857. The van der Waals surface area contributed by atoms with Gasteiger partial charge in [-0.2, -0.15) is 21.6 Å². The third-order valence-corrected chi connectivity index (χ3v) is 15.3. The van der Waals surface area contributed by atoms with E-state index in [1.807, 2.05) is 27.9 Å². The monoisotopic (exact) mass is 656 g/mol. The lowest BCUT2D eigenvalue weighted by Crippen LogP contribution is -2.66. The summed E-state index contributed by atoms with van der Waals surface area (Å²) in [6.45, 7) is 18.9. The minimum atomic E-state index is -5.74. The van der Waals surface area contributed by atoms with Gasteiger partial charge in [0.1, 0.15) is 5.76 Å². The molecule has 5 aliphatic carbocycles. The second kappa shape index (κ2) is 11.0. The summed E-state index contributed by atoms with van der Waals surface area (Å²) < 4.78 is 68.8. The van der Waals surface area contributed by atoms with Crippen molar-refractivity contribution in [3.63, 3.8) is 0 Å². The molecule has 45 heavy (non-hydrogen) atoms. The molecule has 0 bridgehead atoms. The Labute approximate surface area is 269 Å². The Morgan fingerprint density at radius 3 is 2.27 bits per heavy atom. The Balaban J connectivity index is 1.48. The molecule has 4 fully saturated rings. The molecule has 0 saturated heterocycles. The minimum absolute atomic E-state index is 0.00965. The van der Waals surface area contributed by atoms with Gasteiger partial charge >= 0.3 is 15.6 Å². The van der Waals surface area contributed by atoms with Crippen LogP contribution < -0.4 is 5.32 Å².